The lowest BCUT2D eigenvalue weighted by Crippen LogP contribution is -2.52. The van der Waals surface area contributed by atoms with E-state index in [1.54, 1.807) is 4.90 Å². The lowest BCUT2D eigenvalue weighted by molar-refractivity contribution is -0.136. The summed E-state index contributed by atoms with van der Waals surface area (Å²) in [5, 5.41) is 3.52. The highest BCUT2D eigenvalue weighted by molar-refractivity contribution is 6.30. The summed E-state index contributed by atoms with van der Waals surface area (Å²) in [4.78, 5) is 55.6. The standard InChI is InChI=1S/C31H27Cl2FN4O4/c32-20-5-1-18(2-6-20)28(19-3-7-21(33)8-4-19)36-13-15-37(16-14-36)30(41)23-10-9-22-24(27(23)34)17-38(31(22)42)25-11-12-26(39)35-29(25)40/h1-10,25,28H,11-17H2,(H,35,39,40). The number of piperidine rings is 1. The maximum atomic E-state index is 15.8. The molecular weight excluding hydrogens is 582 g/mol. The second-order valence-corrected chi connectivity index (χ2v) is 11.6. The maximum Gasteiger partial charge on any atom is 0.256 e. The highest BCUT2D eigenvalue weighted by atomic mass is 35.5. The number of fused-ring (bicyclic) bond motifs is 1. The Balaban J connectivity index is 1.18. The first-order chi connectivity index (χ1) is 20.2. The van der Waals surface area contributed by atoms with E-state index < -0.39 is 35.5 Å². The molecule has 2 fully saturated rings. The number of rotatable bonds is 5. The lowest BCUT2D eigenvalue weighted by Gasteiger charge is -2.40. The topological polar surface area (TPSA) is 90.0 Å². The fourth-order valence-electron chi connectivity index (χ4n) is 6.03. The van der Waals surface area contributed by atoms with Gasteiger partial charge < -0.3 is 9.80 Å². The van der Waals surface area contributed by atoms with Crippen molar-refractivity contribution in [2.75, 3.05) is 26.2 Å². The van der Waals surface area contributed by atoms with Crippen molar-refractivity contribution in [2.24, 2.45) is 0 Å². The highest BCUT2D eigenvalue weighted by Crippen LogP contribution is 2.33. The predicted molar refractivity (Wildman–Crippen MR) is 155 cm³/mol. The third kappa shape index (κ3) is 5.28. The Bertz CT molecular complexity index is 1530. The fourth-order valence-corrected chi connectivity index (χ4v) is 6.28. The lowest BCUT2D eigenvalue weighted by atomic mass is 9.96. The summed E-state index contributed by atoms with van der Waals surface area (Å²) >= 11 is 12.3. The monoisotopic (exact) mass is 608 g/mol. The van der Waals surface area contributed by atoms with Gasteiger partial charge in [0.25, 0.3) is 11.8 Å². The number of hydrogen-bond acceptors (Lipinski definition) is 5. The number of amides is 4. The van der Waals surface area contributed by atoms with E-state index in [9.17, 15) is 19.2 Å². The van der Waals surface area contributed by atoms with Gasteiger partial charge in [-0.05, 0) is 53.9 Å². The van der Waals surface area contributed by atoms with Gasteiger partial charge in [0.2, 0.25) is 11.8 Å². The molecule has 11 heteroatoms. The first-order valence-electron chi connectivity index (χ1n) is 13.7. The smallest absolute Gasteiger partial charge is 0.256 e. The quantitative estimate of drug-likeness (QED) is 0.433. The Morgan fingerprint density at radius 1 is 0.857 bits per heavy atom. The number of nitrogens with one attached hydrogen (secondary N) is 1. The second-order valence-electron chi connectivity index (χ2n) is 10.7. The van der Waals surface area contributed by atoms with Crippen LogP contribution in [0, 0.1) is 5.82 Å². The molecule has 216 valence electrons. The molecule has 42 heavy (non-hydrogen) atoms. The van der Waals surface area contributed by atoms with Crippen LogP contribution >= 0.6 is 23.2 Å². The molecule has 3 aliphatic rings. The molecule has 6 rings (SSSR count). The minimum Gasteiger partial charge on any atom is -0.336 e. The Labute approximate surface area is 252 Å². The van der Waals surface area contributed by atoms with Crippen LogP contribution in [0.4, 0.5) is 4.39 Å². The minimum atomic E-state index is -0.858. The van der Waals surface area contributed by atoms with Gasteiger partial charge >= 0.3 is 0 Å². The zero-order valence-electron chi connectivity index (χ0n) is 22.5. The van der Waals surface area contributed by atoms with E-state index in [2.05, 4.69) is 10.2 Å². The molecule has 1 atom stereocenters. The van der Waals surface area contributed by atoms with Crippen molar-refractivity contribution < 1.29 is 23.6 Å². The van der Waals surface area contributed by atoms with Crippen LogP contribution in [0.2, 0.25) is 10.0 Å². The van der Waals surface area contributed by atoms with E-state index in [0.717, 1.165) is 11.1 Å². The molecule has 0 aliphatic carbocycles. The molecular formula is C31H27Cl2FN4O4. The van der Waals surface area contributed by atoms with Gasteiger partial charge in [0.1, 0.15) is 11.9 Å². The summed E-state index contributed by atoms with van der Waals surface area (Å²) in [5.74, 6) is -2.65. The molecule has 8 nitrogen and oxygen atoms in total. The number of benzene rings is 3. The molecule has 0 spiro atoms. The summed E-state index contributed by atoms with van der Waals surface area (Å²) in [7, 11) is 0. The summed E-state index contributed by atoms with van der Waals surface area (Å²) in [6.07, 6.45) is 0.279. The molecule has 0 saturated carbocycles. The van der Waals surface area contributed by atoms with Crippen LogP contribution in [0.5, 0.6) is 0 Å². The van der Waals surface area contributed by atoms with Gasteiger partial charge in [-0.1, -0.05) is 47.5 Å². The first kappa shape index (κ1) is 28.3. The van der Waals surface area contributed by atoms with Crippen LogP contribution in [-0.4, -0.2) is 70.5 Å². The van der Waals surface area contributed by atoms with E-state index in [0.29, 0.717) is 36.2 Å². The molecule has 3 heterocycles. The van der Waals surface area contributed by atoms with Crippen molar-refractivity contribution >= 4 is 46.8 Å². The van der Waals surface area contributed by atoms with Crippen LogP contribution in [0.3, 0.4) is 0 Å². The van der Waals surface area contributed by atoms with Crippen molar-refractivity contribution in [2.45, 2.75) is 31.5 Å². The molecule has 1 unspecified atom stereocenters. The van der Waals surface area contributed by atoms with Crippen LogP contribution in [0.1, 0.15) is 56.3 Å². The Hall–Kier alpha value is -3.79. The molecule has 3 aromatic carbocycles. The Morgan fingerprint density at radius 3 is 2.02 bits per heavy atom. The van der Waals surface area contributed by atoms with Gasteiger partial charge in [0.05, 0.1) is 18.2 Å². The second kappa shape index (κ2) is 11.5. The van der Waals surface area contributed by atoms with E-state index in [-0.39, 0.29) is 42.1 Å². The Morgan fingerprint density at radius 2 is 1.45 bits per heavy atom. The van der Waals surface area contributed by atoms with E-state index in [1.165, 1.54) is 17.0 Å². The average molecular weight is 609 g/mol. The van der Waals surface area contributed by atoms with Gasteiger partial charge in [0, 0.05) is 53.8 Å². The summed E-state index contributed by atoms with van der Waals surface area (Å²) < 4.78 is 15.8. The number of nitrogens with zero attached hydrogens (tertiary/aromatic N) is 3. The number of carbonyl (C=O) groups excluding carboxylic acids is 4. The van der Waals surface area contributed by atoms with Crippen molar-refractivity contribution in [3.8, 4) is 0 Å². The molecule has 4 amide bonds. The number of imide groups is 1. The van der Waals surface area contributed by atoms with Gasteiger partial charge in [-0.2, -0.15) is 0 Å². The van der Waals surface area contributed by atoms with Gasteiger partial charge in [0.15, 0.2) is 0 Å². The number of carbonyl (C=O) groups is 4. The van der Waals surface area contributed by atoms with Gasteiger partial charge in [-0.3, -0.25) is 29.4 Å². The van der Waals surface area contributed by atoms with Crippen LogP contribution in [-0.2, 0) is 16.1 Å². The Kier molecular flexibility index (Phi) is 7.74. The third-order valence-corrected chi connectivity index (χ3v) is 8.72. The normalized spacial score (nSPS) is 19.3. The molecule has 3 aliphatic heterocycles. The zero-order valence-corrected chi connectivity index (χ0v) is 24.0. The van der Waals surface area contributed by atoms with E-state index >= 15 is 4.39 Å². The summed E-state index contributed by atoms with van der Waals surface area (Å²) in [5.41, 5.74) is 2.23. The zero-order chi connectivity index (χ0) is 29.5. The highest BCUT2D eigenvalue weighted by Gasteiger charge is 2.41. The SMILES string of the molecule is O=C1CCC(N2Cc3c(ccc(C(=O)N4CCN(C(c5ccc(Cl)cc5)c5ccc(Cl)cc5)CC4)c3F)C2=O)C(=O)N1. The molecule has 1 N–H and O–H groups in total. The van der Waals surface area contributed by atoms with Gasteiger partial charge in [-0.25, -0.2) is 4.39 Å². The molecule has 0 aromatic heterocycles. The minimum absolute atomic E-state index is 0.0854. The third-order valence-electron chi connectivity index (χ3n) is 8.22. The first-order valence-corrected chi connectivity index (χ1v) is 14.5. The maximum absolute atomic E-state index is 15.8. The van der Waals surface area contributed by atoms with E-state index in [1.807, 2.05) is 48.5 Å². The number of hydrogen-bond donors (Lipinski definition) is 1. The molecule has 3 aromatic rings. The van der Waals surface area contributed by atoms with Crippen molar-refractivity contribution in [3.05, 3.63) is 104 Å². The average Bonchev–Trinajstić information content (AvgIpc) is 3.32. The molecule has 0 radical (unpaired) electrons. The predicted octanol–water partition coefficient (Wildman–Crippen LogP) is 4.44. The van der Waals surface area contributed by atoms with Gasteiger partial charge in [-0.15, -0.1) is 0 Å². The van der Waals surface area contributed by atoms with Crippen molar-refractivity contribution in [1.82, 2.24) is 20.0 Å². The van der Waals surface area contributed by atoms with Crippen molar-refractivity contribution in [1.29, 1.82) is 0 Å². The molecule has 2 saturated heterocycles. The number of halogens is 3. The van der Waals surface area contributed by atoms with Crippen LogP contribution in [0.15, 0.2) is 60.7 Å². The largest absolute Gasteiger partial charge is 0.336 e. The van der Waals surface area contributed by atoms with Crippen molar-refractivity contribution in [3.63, 3.8) is 0 Å². The van der Waals surface area contributed by atoms with Crippen LogP contribution < -0.4 is 5.32 Å². The summed E-state index contributed by atoms with van der Waals surface area (Å²) in [6, 6.07) is 17.2. The van der Waals surface area contributed by atoms with E-state index in [4.69, 9.17) is 23.2 Å². The number of piperazine rings is 1. The molecule has 0 bridgehead atoms. The summed E-state index contributed by atoms with van der Waals surface area (Å²) in [6.45, 7) is 1.74. The fraction of sp³-hybridized carbons (Fsp3) is 0.290. The van der Waals surface area contributed by atoms with Crippen LogP contribution in [0.25, 0.3) is 0 Å².